The topological polar surface area (TPSA) is 66.0 Å². The molecule has 0 aromatic heterocycles. The van der Waals surface area contributed by atoms with Crippen LogP contribution in [-0.4, -0.2) is 64.2 Å². The Morgan fingerprint density at radius 3 is 2.45 bits per heavy atom. The standard InChI is InChI=1S/C15H30N4O2.HI/c1-5-15(7-6-8-15)12-18-14(16-9-10-21-4)17-11-13(20)19(2)3;/h5-12H2,1-4H3,(H2,16,17,18);1H. The first-order valence-electron chi connectivity index (χ1n) is 7.74. The number of halogens is 1. The van der Waals surface area contributed by atoms with Crippen LogP contribution < -0.4 is 10.6 Å². The van der Waals surface area contributed by atoms with E-state index in [1.54, 1.807) is 26.1 Å². The molecule has 0 atom stereocenters. The van der Waals surface area contributed by atoms with E-state index in [-0.39, 0.29) is 36.4 Å². The monoisotopic (exact) mass is 426 g/mol. The highest BCUT2D eigenvalue weighted by Crippen LogP contribution is 2.42. The summed E-state index contributed by atoms with van der Waals surface area (Å²) in [4.78, 5) is 17.6. The van der Waals surface area contributed by atoms with Crippen LogP contribution in [0.4, 0.5) is 0 Å². The third kappa shape index (κ3) is 7.13. The summed E-state index contributed by atoms with van der Waals surface area (Å²) in [5, 5.41) is 6.58. The van der Waals surface area contributed by atoms with Gasteiger partial charge in [0.05, 0.1) is 6.61 Å². The molecule has 0 aliphatic heterocycles. The highest BCUT2D eigenvalue weighted by atomic mass is 127. The predicted octanol–water partition coefficient (Wildman–Crippen LogP) is 1.45. The van der Waals surface area contributed by atoms with Gasteiger partial charge in [0.15, 0.2) is 5.96 Å². The van der Waals surface area contributed by atoms with Gasteiger partial charge < -0.3 is 20.3 Å². The Kier molecular flexibility index (Phi) is 10.8. The van der Waals surface area contributed by atoms with Gasteiger partial charge in [0.1, 0.15) is 6.54 Å². The quantitative estimate of drug-likeness (QED) is 0.267. The van der Waals surface area contributed by atoms with Crippen molar-refractivity contribution >= 4 is 35.8 Å². The van der Waals surface area contributed by atoms with Gasteiger partial charge in [-0.25, -0.2) is 4.99 Å². The highest BCUT2D eigenvalue weighted by molar-refractivity contribution is 14.0. The molecule has 22 heavy (non-hydrogen) atoms. The smallest absolute Gasteiger partial charge is 0.243 e. The largest absolute Gasteiger partial charge is 0.383 e. The van der Waals surface area contributed by atoms with Crippen molar-refractivity contribution in [3.63, 3.8) is 0 Å². The van der Waals surface area contributed by atoms with Gasteiger partial charge in [-0.1, -0.05) is 13.3 Å². The number of carbonyl (C=O) groups is 1. The summed E-state index contributed by atoms with van der Waals surface area (Å²) in [6.07, 6.45) is 5.05. The number of hydrogen-bond donors (Lipinski definition) is 2. The minimum absolute atomic E-state index is 0. The molecule has 0 spiro atoms. The van der Waals surface area contributed by atoms with Crippen molar-refractivity contribution in [2.24, 2.45) is 10.4 Å². The molecule has 1 rings (SSSR count). The van der Waals surface area contributed by atoms with Gasteiger partial charge in [-0.15, -0.1) is 24.0 Å². The van der Waals surface area contributed by atoms with Crippen molar-refractivity contribution in [3.8, 4) is 0 Å². The minimum atomic E-state index is -0.00306. The Balaban J connectivity index is 0.00000441. The Labute approximate surface area is 151 Å². The molecular formula is C15H31IN4O2. The molecule has 0 heterocycles. The molecule has 6 nitrogen and oxygen atoms in total. The average Bonchev–Trinajstić information content (AvgIpc) is 2.42. The summed E-state index contributed by atoms with van der Waals surface area (Å²) >= 11 is 0. The summed E-state index contributed by atoms with van der Waals surface area (Å²) in [6.45, 7) is 4.61. The van der Waals surface area contributed by atoms with Crippen molar-refractivity contribution in [1.82, 2.24) is 15.5 Å². The normalized spacial score (nSPS) is 16.3. The third-order valence-corrected chi connectivity index (χ3v) is 4.26. The number of nitrogens with zero attached hydrogens (tertiary/aromatic N) is 2. The lowest BCUT2D eigenvalue weighted by molar-refractivity contribution is -0.127. The average molecular weight is 426 g/mol. The van der Waals surface area contributed by atoms with E-state index in [2.05, 4.69) is 22.5 Å². The number of aliphatic imine (C=N–C) groups is 1. The lowest BCUT2D eigenvalue weighted by atomic mass is 9.67. The fraction of sp³-hybridized carbons (Fsp3) is 0.867. The third-order valence-electron chi connectivity index (χ3n) is 4.26. The van der Waals surface area contributed by atoms with E-state index in [1.165, 1.54) is 25.7 Å². The summed E-state index contributed by atoms with van der Waals surface area (Å²) in [6, 6.07) is 0. The van der Waals surface area contributed by atoms with E-state index in [4.69, 9.17) is 4.74 Å². The molecule has 1 amide bonds. The van der Waals surface area contributed by atoms with Crippen molar-refractivity contribution in [2.45, 2.75) is 32.6 Å². The molecule has 130 valence electrons. The molecule has 1 fully saturated rings. The van der Waals surface area contributed by atoms with Crippen LogP contribution >= 0.6 is 24.0 Å². The molecule has 0 aromatic carbocycles. The lowest BCUT2D eigenvalue weighted by Crippen LogP contribution is -2.47. The number of methoxy groups -OCH3 is 1. The fourth-order valence-electron chi connectivity index (χ4n) is 2.34. The number of rotatable bonds is 8. The molecule has 7 heteroatoms. The van der Waals surface area contributed by atoms with Crippen LogP contribution in [0.15, 0.2) is 4.99 Å². The first-order chi connectivity index (χ1) is 10.0. The van der Waals surface area contributed by atoms with Crippen LogP contribution in [0, 0.1) is 5.41 Å². The number of likely N-dealkylation sites (N-methyl/N-ethyl adjacent to an activating group) is 1. The Hall–Kier alpha value is -0.570. The molecule has 1 saturated carbocycles. The minimum Gasteiger partial charge on any atom is -0.383 e. The number of ether oxygens (including phenoxy) is 1. The molecular weight excluding hydrogens is 395 g/mol. The van der Waals surface area contributed by atoms with E-state index in [0.29, 0.717) is 24.5 Å². The summed E-state index contributed by atoms with van der Waals surface area (Å²) < 4.78 is 5.03. The van der Waals surface area contributed by atoms with E-state index in [0.717, 1.165) is 6.54 Å². The van der Waals surface area contributed by atoms with Gasteiger partial charge in [0, 0.05) is 34.3 Å². The Bertz CT molecular complexity index is 352. The second kappa shape index (κ2) is 11.0. The first kappa shape index (κ1) is 21.4. The number of amides is 1. The summed E-state index contributed by atoms with van der Waals surface area (Å²) in [7, 11) is 5.15. The highest BCUT2D eigenvalue weighted by Gasteiger charge is 2.34. The van der Waals surface area contributed by atoms with Crippen molar-refractivity contribution in [3.05, 3.63) is 0 Å². The van der Waals surface area contributed by atoms with Gasteiger partial charge in [-0.3, -0.25) is 4.79 Å². The first-order valence-corrected chi connectivity index (χ1v) is 7.74. The van der Waals surface area contributed by atoms with E-state index >= 15 is 0 Å². The Morgan fingerprint density at radius 1 is 1.32 bits per heavy atom. The van der Waals surface area contributed by atoms with Crippen molar-refractivity contribution < 1.29 is 9.53 Å². The van der Waals surface area contributed by atoms with Gasteiger partial charge in [-0.05, 0) is 24.7 Å². The Morgan fingerprint density at radius 2 is 2.00 bits per heavy atom. The van der Waals surface area contributed by atoms with Gasteiger partial charge in [-0.2, -0.15) is 0 Å². The van der Waals surface area contributed by atoms with Crippen molar-refractivity contribution in [1.29, 1.82) is 0 Å². The van der Waals surface area contributed by atoms with Crippen LogP contribution in [-0.2, 0) is 9.53 Å². The van der Waals surface area contributed by atoms with E-state index in [9.17, 15) is 4.79 Å². The zero-order valence-corrected chi connectivity index (χ0v) is 16.6. The molecule has 0 saturated heterocycles. The van der Waals surface area contributed by atoms with Gasteiger partial charge in [0.2, 0.25) is 5.91 Å². The fourth-order valence-corrected chi connectivity index (χ4v) is 2.34. The lowest BCUT2D eigenvalue weighted by Gasteiger charge is -2.41. The van der Waals surface area contributed by atoms with Gasteiger partial charge >= 0.3 is 0 Å². The summed E-state index contributed by atoms with van der Waals surface area (Å²) in [5.41, 5.74) is 0.412. The number of guanidine groups is 1. The molecule has 2 N–H and O–H groups in total. The molecule has 0 unspecified atom stereocenters. The van der Waals surface area contributed by atoms with E-state index in [1.807, 2.05) is 0 Å². The number of nitrogens with one attached hydrogen (secondary N) is 2. The molecule has 0 bridgehead atoms. The molecule has 1 aliphatic rings. The van der Waals surface area contributed by atoms with Crippen LogP contribution in [0.1, 0.15) is 32.6 Å². The second-order valence-electron chi connectivity index (χ2n) is 5.93. The predicted molar refractivity (Wildman–Crippen MR) is 101 cm³/mol. The van der Waals surface area contributed by atoms with Crippen molar-refractivity contribution in [2.75, 3.05) is 47.4 Å². The SMILES string of the molecule is CCC1(CNC(=NCC(=O)N(C)C)NCCOC)CCC1.I. The molecule has 0 radical (unpaired) electrons. The molecule has 0 aromatic rings. The number of carbonyl (C=O) groups excluding carboxylic acids is 1. The van der Waals surface area contributed by atoms with Crippen LogP contribution in [0.5, 0.6) is 0 Å². The van der Waals surface area contributed by atoms with Crippen LogP contribution in [0.25, 0.3) is 0 Å². The summed E-state index contributed by atoms with van der Waals surface area (Å²) in [5.74, 6) is 0.693. The maximum atomic E-state index is 11.6. The van der Waals surface area contributed by atoms with Gasteiger partial charge in [0.25, 0.3) is 0 Å². The number of hydrogen-bond acceptors (Lipinski definition) is 3. The van der Waals surface area contributed by atoms with Crippen LogP contribution in [0.2, 0.25) is 0 Å². The molecule has 1 aliphatic carbocycles. The second-order valence-corrected chi connectivity index (χ2v) is 5.93. The zero-order chi connectivity index (χ0) is 15.7. The maximum absolute atomic E-state index is 11.6. The van der Waals surface area contributed by atoms with E-state index < -0.39 is 0 Å². The zero-order valence-electron chi connectivity index (χ0n) is 14.3. The maximum Gasteiger partial charge on any atom is 0.243 e. The van der Waals surface area contributed by atoms with Crippen LogP contribution in [0.3, 0.4) is 0 Å².